The van der Waals surface area contributed by atoms with E-state index >= 15 is 0 Å². The summed E-state index contributed by atoms with van der Waals surface area (Å²) in [5, 5.41) is 14.3. The monoisotopic (exact) mass is 337 g/mol. The van der Waals surface area contributed by atoms with Crippen LogP contribution in [0.4, 0.5) is 0 Å². The Balaban J connectivity index is 1.51. The molecule has 23 heavy (non-hydrogen) atoms. The van der Waals surface area contributed by atoms with Crippen LogP contribution in [0, 0.1) is 13.8 Å². The Bertz CT molecular complexity index is 552. The molecule has 1 aliphatic carbocycles. The molecule has 0 bridgehead atoms. The van der Waals surface area contributed by atoms with E-state index in [2.05, 4.69) is 15.2 Å². The predicted molar refractivity (Wildman–Crippen MR) is 91.9 cm³/mol. The van der Waals surface area contributed by atoms with Gasteiger partial charge < -0.3 is 10.4 Å². The molecule has 1 saturated carbocycles. The molecule has 1 aromatic rings. The molecule has 5 nitrogen and oxygen atoms in total. The van der Waals surface area contributed by atoms with E-state index in [0.29, 0.717) is 6.04 Å². The van der Waals surface area contributed by atoms with E-state index in [1.54, 1.807) is 0 Å². The van der Waals surface area contributed by atoms with Gasteiger partial charge in [-0.3, -0.25) is 9.69 Å². The van der Waals surface area contributed by atoms with Crippen LogP contribution in [0.15, 0.2) is 0 Å². The number of nitrogens with zero attached hydrogens (tertiary/aromatic N) is 2. The van der Waals surface area contributed by atoms with Crippen molar-refractivity contribution < 1.29 is 9.90 Å². The van der Waals surface area contributed by atoms with Gasteiger partial charge in [0.15, 0.2) is 0 Å². The highest BCUT2D eigenvalue weighted by atomic mass is 32.1. The number of piperidine rings is 1. The van der Waals surface area contributed by atoms with Crippen LogP contribution in [0.2, 0.25) is 0 Å². The number of aliphatic hydroxyl groups excluding tert-OH is 1. The molecule has 1 aromatic heterocycles. The first-order valence-electron chi connectivity index (χ1n) is 8.71. The fraction of sp³-hybridized carbons (Fsp3) is 0.765. The van der Waals surface area contributed by atoms with E-state index in [9.17, 15) is 9.90 Å². The van der Waals surface area contributed by atoms with Gasteiger partial charge in [-0.05, 0) is 39.5 Å². The van der Waals surface area contributed by atoms with Gasteiger partial charge in [-0.15, -0.1) is 11.3 Å². The van der Waals surface area contributed by atoms with Crippen molar-refractivity contribution in [2.75, 3.05) is 13.1 Å². The Labute approximate surface area is 142 Å². The third kappa shape index (κ3) is 3.92. The standard InChI is InChI=1S/C17H27N3O2S/c1-11-16(23-12(2)18-11)17(22)19-13-7-9-20(10-8-13)14-5-3-4-6-15(14)21/h13-15,21H,3-10H2,1-2H3,(H,19,22). The molecule has 1 aliphatic heterocycles. The Morgan fingerprint density at radius 1 is 1.22 bits per heavy atom. The minimum atomic E-state index is -0.169. The number of aliphatic hydroxyl groups is 1. The van der Waals surface area contributed by atoms with E-state index in [1.807, 2.05) is 13.8 Å². The van der Waals surface area contributed by atoms with Crippen molar-refractivity contribution in [1.29, 1.82) is 0 Å². The minimum Gasteiger partial charge on any atom is -0.391 e. The zero-order valence-corrected chi connectivity index (χ0v) is 14.9. The van der Waals surface area contributed by atoms with Crippen LogP contribution in [-0.2, 0) is 0 Å². The average Bonchev–Trinajstić information content (AvgIpc) is 2.87. The van der Waals surface area contributed by atoms with Crippen LogP contribution in [-0.4, -0.2) is 52.2 Å². The first-order valence-corrected chi connectivity index (χ1v) is 9.53. The summed E-state index contributed by atoms with van der Waals surface area (Å²) in [6.45, 7) is 5.76. The van der Waals surface area contributed by atoms with Crippen LogP contribution >= 0.6 is 11.3 Å². The van der Waals surface area contributed by atoms with E-state index in [4.69, 9.17) is 0 Å². The van der Waals surface area contributed by atoms with Crippen LogP contribution in [0.5, 0.6) is 0 Å². The average molecular weight is 337 g/mol. The third-order valence-electron chi connectivity index (χ3n) is 5.14. The smallest absolute Gasteiger partial charge is 0.263 e. The van der Waals surface area contributed by atoms with Crippen LogP contribution in [0.3, 0.4) is 0 Å². The van der Waals surface area contributed by atoms with Crippen LogP contribution in [0.1, 0.15) is 58.9 Å². The van der Waals surface area contributed by atoms with Crippen molar-refractivity contribution in [3.63, 3.8) is 0 Å². The van der Waals surface area contributed by atoms with Crippen molar-refractivity contribution in [2.45, 2.75) is 70.6 Å². The molecule has 128 valence electrons. The largest absolute Gasteiger partial charge is 0.391 e. The summed E-state index contributed by atoms with van der Waals surface area (Å²) < 4.78 is 0. The van der Waals surface area contributed by atoms with Gasteiger partial charge in [0.05, 0.1) is 16.8 Å². The van der Waals surface area contributed by atoms with Crippen molar-refractivity contribution >= 4 is 17.2 Å². The molecule has 2 fully saturated rings. The van der Waals surface area contributed by atoms with Gasteiger partial charge in [-0.2, -0.15) is 0 Å². The molecule has 3 rings (SSSR count). The molecule has 6 heteroatoms. The SMILES string of the molecule is Cc1nc(C)c(C(=O)NC2CCN(C3CCCCC3O)CC2)s1. The second-order valence-electron chi connectivity index (χ2n) is 6.85. The number of carbonyl (C=O) groups is 1. The lowest BCUT2D eigenvalue weighted by Crippen LogP contribution is -2.52. The lowest BCUT2D eigenvalue weighted by atomic mass is 9.89. The van der Waals surface area contributed by atoms with Crippen LogP contribution in [0.25, 0.3) is 0 Å². The van der Waals surface area contributed by atoms with Gasteiger partial charge in [0, 0.05) is 25.2 Å². The predicted octanol–water partition coefficient (Wildman–Crippen LogP) is 2.26. The summed E-state index contributed by atoms with van der Waals surface area (Å²) in [6, 6.07) is 0.563. The van der Waals surface area contributed by atoms with E-state index in [0.717, 1.165) is 60.8 Å². The first kappa shape index (κ1) is 16.9. The number of thiazole rings is 1. The minimum absolute atomic E-state index is 0.0178. The van der Waals surface area contributed by atoms with E-state index in [1.165, 1.54) is 17.8 Å². The number of aryl methyl sites for hydroxylation is 2. The Kier molecular flexibility index (Phi) is 5.34. The molecule has 2 aliphatic rings. The Morgan fingerprint density at radius 2 is 1.91 bits per heavy atom. The Morgan fingerprint density at radius 3 is 2.52 bits per heavy atom. The molecule has 2 N–H and O–H groups in total. The lowest BCUT2D eigenvalue weighted by molar-refractivity contribution is 0.00728. The number of carbonyl (C=O) groups excluding carboxylic acids is 1. The second kappa shape index (κ2) is 7.28. The molecular weight excluding hydrogens is 310 g/mol. The molecule has 2 unspecified atom stereocenters. The molecular formula is C17H27N3O2S. The van der Waals surface area contributed by atoms with Gasteiger partial charge in [0.25, 0.3) is 5.91 Å². The molecule has 0 spiro atoms. The summed E-state index contributed by atoms with van der Waals surface area (Å²) >= 11 is 1.47. The van der Waals surface area contributed by atoms with Gasteiger partial charge in [-0.1, -0.05) is 12.8 Å². The summed E-state index contributed by atoms with van der Waals surface area (Å²) in [4.78, 5) is 19.9. The molecule has 1 saturated heterocycles. The highest BCUT2D eigenvalue weighted by molar-refractivity contribution is 7.13. The van der Waals surface area contributed by atoms with Crippen molar-refractivity contribution in [1.82, 2.24) is 15.2 Å². The third-order valence-corrected chi connectivity index (χ3v) is 6.21. The zero-order chi connectivity index (χ0) is 16.4. The topological polar surface area (TPSA) is 65.5 Å². The van der Waals surface area contributed by atoms with Gasteiger partial charge in [0.2, 0.25) is 0 Å². The number of amides is 1. The maximum atomic E-state index is 12.4. The highest BCUT2D eigenvalue weighted by Gasteiger charge is 2.32. The first-order chi connectivity index (χ1) is 11.0. The van der Waals surface area contributed by atoms with Gasteiger partial charge in [0.1, 0.15) is 4.88 Å². The summed E-state index contributed by atoms with van der Waals surface area (Å²) in [6.07, 6.45) is 6.18. The molecule has 1 amide bonds. The highest BCUT2D eigenvalue weighted by Crippen LogP contribution is 2.26. The maximum Gasteiger partial charge on any atom is 0.263 e. The van der Waals surface area contributed by atoms with E-state index in [-0.39, 0.29) is 18.1 Å². The molecule has 2 atom stereocenters. The summed E-state index contributed by atoms with van der Waals surface area (Å²) in [5.74, 6) is 0.0178. The quantitative estimate of drug-likeness (QED) is 0.888. The second-order valence-corrected chi connectivity index (χ2v) is 8.05. The summed E-state index contributed by atoms with van der Waals surface area (Å²) in [5.41, 5.74) is 0.827. The number of hydrogen-bond acceptors (Lipinski definition) is 5. The number of nitrogens with one attached hydrogen (secondary N) is 1. The fourth-order valence-corrected chi connectivity index (χ4v) is 4.71. The number of rotatable bonds is 3. The van der Waals surface area contributed by atoms with Crippen LogP contribution < -0.4 is 5.32 Å². The molecule has 2 heterocycles. The van der Waals surface area contributed by atoms with Gasteiger partial charge in [-0.25, -0.2) is 4.98 Å². The Hall–Kier alpha value is -0.980. The van der Waals surface area contributed by atoms with Crippen molar-refractivity contribution in [3.05, 3.63) is 15.6 Å². The summed E-state index contributed by atoms with van der Waals surface area (Å²) in [7, 11) is 0. The van der Waals surface area contributed by atoms with Gasteiger partial charge >= 0.3 is 0 Å². The molecule has 0 aromatic carbocycles. The molecule has 0 radical (unpaired) electrons. The van der Waals surface area contributed by atoms with E-state index < -0.39 is 0 Å². The fourth-order valence-electron chi connectivity index (χ4n) is 3.89. The number of hydrogen-bond donors (Lipinski definition) is 2. The van der Waals surface area contributed by atoms with Crippen molar-refractivity contribution in [2.24, 2.45) is 0 Å². The normalized spacial score (nSPS) is 27.1. The maximum absolute atomic E-state index is 12.4. The number of aromatic nitrogens is 1. The number of likely N-dealkylation sites (tertiary alicyclic amines) is 1. The van der Waals surface area contributed by atoms with Crippen molar-refractivity contribution in [3.8, 4) is 0 Å². The zero-order valence-electron chi connectivity index (χ0n) is 14.0. The lowest BCUT2D eigenvalue weighted by Gasteiger charge is -2.41.